The molecule has 1 atom stereocenters. The maximum absolute atomic E-state index is 12.7. The number of hydrogen-bond donors (Lipinski definition) is 0. The number of carbonyl (C=O) groups excluding carboxylic acids is 1. The summed E-state index contributed by atoms with van der Waals surface area (Å²) in [5.74, 6) is 0. The molecule has 6 heteroatoms. The van der Waals surface area contributed by atoms with Gasteiger partial charge >= 0.3 is 6.03 Å². The Hall–Kier alpha value is -3.15. The summed E-state index contributed by atoms with van der Waals surface area (Å²) >= 11 is 0. The molecule has 0 aromatic heterocycles. The number of nitro groups is 1. The highest BCUT2D eigenvalue weighted by Gasteiger charge is 2.44. The van der Waals surface area contributed by atoms with Crippen LogP contribution >= 0.6 is 0 Å². The predicted octanol–water partition coefficient (Wildman–Crippen LogP) is 3.37. The number of nitrogens with zero attached hydrogens (tertiary/aromatic N) is 3. The quantitative estimate of drug-likeness (QED) is 0.642. The lowest BCUT2D eigenvalue weighted by molar-refractivity contribution is -0.433. The number of rotatable bonds is 3. The fourth-order valence-electron chi connectivity index (χ4n) is 3.07. The molecule has 0 N–H and O–H groups in total. The minimum atomic E-state index is -0.736. The van der Waals surface area contributed by atoms with E-state index in [0.29, 0.717) is 16.8 Å². The van der Waals surface area contributed by atoms with Gasteiger partial charge in [-0.2, -0.15) is 0 Å². The van der Waals surface area contributed by atoms with Crippen LogP contribution in [0.3, 0.4) is 0 Å². The lowest BCUT2D eigenvalue weighted by Gasteiger charge is -2.37. The van der Waals surface area contributed by atoms with Gasteiger partial charge < -0.3 is 4.90 Å². The van der Waals surface area contributed by atoms with Crippen molar-refractivity contribution in [2.45, 2.75) is 6.04 Å². The van der Waals surface area contributed by atoms with Gasteiger partial charge in [0.15, 0.2) is 6.04 Å². The Balaban J connectivity index is 2.29. The largest absolute Gasteiger partial charge is 0.325 e. The van der Waals surface area contributed by atoms with Gasteiger partial charge in [-0.15, -0.1) is 0 Å². The van der Waals surface area contributed by atoms with Crippen molar-refractivity contribution < 1.29 is 9.72 Å². The average Bonchev–Trinajstić information content (AvgIpc) is 2.60. The summed E-state index contributed by atoms with van der Waals surface area (Å²) < 4.78 is 0. The Morgan fingerprint density at radius 2 is 1.50 bits per heavy atom. The van der Waals surface area contributed by atoms with Gasteiger partial charge in [0.05, 0.1) is 4.92 Å². The Morgan fingerprint density at radius 1 is 0.958 bits per heavy atom. The molecule has 1 unspecified atom stereocenters. The molecule has 1 aliphatic rings. The lowest BCUT2D eigenvalue weighted by Crippen LogP contribution is -2.47. The first-order chi connectivity index (χ1) is 11.5. The van der Waals surface area contributed by atoms with Crippen molar-refractivity contribution >= 4 is 11.7 Å². The molecule has 0 saturated carbocycles. The van der Waals surface area contributed by atoms with Crippen LogP contribution in [0.15, 0.2) is 66.4 Å². The van der Waals surface area contributed by atoms with Crippen molar-refractivity contribution in [3.63, 3.8) is 0 Å². The molecule has 2 aromatic carbocycles. The number of amides is 2. The summed E-state index contributed by atoms with van der Waals surface area (Å²) in [6, 6.07) is 17.0. The smallest absolute Gasteiger partial charge is 0.310 e. The third kappa shape index (κ3) is 2.52. The van der Waals surface area contributed by atoms with Crippen LogP contribution in [0.1, 0.15) is 17.2 Å². The van der Waals surface area contributed by atoms with E-state index < -0.39 is 6.04 Å². The van der Waals surface area contributed by atoms with E-state index in [1.165, 1.54) is 9.80 Å². The fraction of sp³-hybridized carbons (Fsp3) is 0.167. The second kappa shape index (κ2) is 6.16. The molecule has 0 bridgehead atoms. The third-order valence-electron chi connectivity index (χ3n) is 4.17. The third-order valence-corrected chi connectivity index (χ3v) is 4.17. The Bertz CT molecular complexity index is 803. The molecule has 1 heterocycles. The van der Waals surface area contributed by atoms with Crippen LogP contribution in [-0.4, -0.2) is 34.8 Å². The molecule has 1 aliphatic heterocycles. The van der Waals surface area contributed by atoms with Crippen LogP contribution in [0.5, 0.6) is 0 Å². The van der Waals surface area contributed by atoms with E-state index >= 15 is 0 Å². The van der Waals surface area contributed by atoms with Crippen molar-refractivity contribution in [3.05, 3.63) is 87.6 Å². The van der Waals surface area contributed by atoms with Crippen molar-refractivity contribution in [2.24, 2.45) is 0 Å². The predicted molar refractivity (Wildman–Crippen MR) is 90.5 cm³/mol. The molecule has 2 amide bonds. The molecule has 0 spiro atoms. The molecule has 3 rings (SSSR count). The standard InChI is InChI=1S/C18H17N3O3/c1-19-15(13-9-5-3-6-10-13)17(21(23)24)16(20(2)18(19)22)14-11-7-4-8-12-14/h3-12,15H,1-2H3. The number of benzene rings is 2. The van der Waals surface area contributed by atoms with Crippen LogP contribution < -0.4 is 0 Å². The van der Waals surface area contributed by atoms with E-state index in [0.717, 1.165) is 0 Å². The molecule has 0 radical (unpaired) electrons. The molecule has 24 heavy (non-hydrogen) atoms. The highest BCUT2D eigenvalue weighted by atomic mass is 16.6. The fourth-order valence-corrected chi connectivity index (χ4v) is 3.07. The lowest BCUT2D eigenvalue weighted by atomic mass is 9.96. The van der Waals surface area contributed by atoms with Gasteiger partial charge in [0.25, 0.3) is 5.70 Å². The monoisotopic (exact) mass is 323 g/mol. The van der Waals surface area contributed by atoms with Crippen molar-refractivity contribution in [1.29, 1.82) is 0 Å². The summed E-state index contributed by atoms with van der Waals surface area (Å²) in [6.07, 6.45) is 0. The van der Waals surface area contributed by atoms with Gasteiger partial charge in [0.1, 0.15) is 5.70 Å². The van der Waals surface area contributed by atoms with E-state index in [1.807, 2.05) is 24.3 Å². The van der Waals surface area contributed by atoms with E-state index in [9.17, 15) is 14.9 Å². The minimum absolute atomic E-state index is 0.00278. The first-order valence-corrected chi connectivity index (χ1v) is 7.52. The van der Waals surface area contributed by atoms with Crippen LogP contribution in [0.25, 0.3) is 5.70 Å². The van der Waals surface area contributed by atoms with Crippen LogP contribution in [0.4, 0.5) is 4.79 Å². The van der Waals surface area contributed by atoms with Crippen LogP contribution in [0, 0.1) is 10.1 Å². The first kappa shape index (κ1) is 15.7. The average molecular weight is 323 g/mol. The zero-order valence-electron chi connectivity index (χ0n) is 13.4. The SMILES string of the molecule is CN1C(=O)N(C)C(c2ccccc2)C([N+](=O)[O-])=C1c1ccccc1. The van der Waals surface area contributed by atoms with E-state index in [-0.39, 0.29) is 16.7 Å². The van der Waals surface area contributed by atoms with E-state index in [4.69, 9.17) is 0 Å². The maximum atomic E-state index is 12.7. The molecule has 0 saturated heterocycles. The van der Waals surface area contributed by atoms with E-state index in [1.54, 1.807) is 50.5 Å². The number of urea groups is 1. The summed E-state index contributed by atoms with van der Waals surface area (Å²) in [5.41, 5.74) is 1.69. The number of hydrogen-bond acceptors (Lipinski definition) is 3. The summed E-state index contributed by atoms with van der Waals surface area (Å²) in [4.78, 5) is 26.9. The molecule has 0 aliphatic carbocycles. The molecule has 0 fully saturated rings. The topological polar surface area (TPSA) is 66.7 Å². The van der Waals surface area contributed by atoms with Crippen molar-refractivity contribution in [3.8, 4) is 0 Å². The first-order valence-electron chi connectivity index (χ1n) is 7.52. The van der Waals surface area contributed by atoms with Gasteiger partial charge in [0, 0.05) is 19.7 Å². The van der Waals surface area contributed by atoms with E-state index in [2.05, 4.69) is 0 Å². The van der Waals surface area contributed by atoms with Crippen molar-refractivity contribution in [1.82, 2.24) is 9.80 Å². The van der Waals surface area contributed by atoms with Crippen molar-refractivity contribution in [2.75, 3.05) is 14.1 Å². The zero-order valence-corrected chi connectivity index (χ0v) is 13.4. The molecule has 2 aromatic rings. The summed E-state index contributed by atoms with van der Waals surface area (Å²) in [6.45, 7) is 0. The molecular formula is C18H17N3O3. The van der Waals surface area contributed by atoms with Crippen LogP contribution in [0.2, 0.25) is 0 Å². The maximum Gasteiger partial charge on any atom is 0.325 e. The van der Waals surface area contributed by atoms with Crippen LogP contribution in [-0.2, 0) is 0 Å². The zero-order chi connectivity index (χ0) is 17.3. The highest BCUT2D eigenvalue weighted by Crippen LogP contribution is 2.39. The minimum Gasteiger partial charge on any atom is -0.310 e. The second-order valence-corrected chi connectivity index (χ2v) is 5.62. The van der Waals surface area contributed by atoms with Gasteiger partial charge in [-0.25, -0.2) is 4.79 Å². The Kier molecular flexibility index (Phi) is 4.04. The number of likely N-dealkylation sites (N-methyl/N-ethyl adjacent to an activating group) is 1. The summed E-state index contributed by atoms with van der Waals surface area (Å²) in [7, 11) is 3.15. The number of carbonyl (C=O) groups is 1. The van der Waals surface area contributed by atoms with Gasteiger partial charge in [-0.05, 0) is 5.56 Å². The van der Waals surface area contributed by atoms with Gasteiger partial charge in [-0.1, -0.05) is 60.7 Å². The molecular weight excluding hydrogens is 306 g/mol. The molecule has 6 nitrogen and oxygen atoms in total. The highest BCUT2D eigenvalue weighted by molar-refractivity contribution is 5.89. The Morgan fingerprint density at radius 3 is 2.04 bits per heavy atom. The second-order valence-electron chi connectivity index (χ2n) is 5.62. The van der Waals surface area contributed by atoms with Gasteiger partial charge in [-0.3, -0.25) is 15.0 Å². The Labute approximate surface area is 139 Å². The van der Waals surface area contributed by atoms with Gasteiger partial charge in [0.2, 0.25) is 0 Å². The molecule has 122 valence electrons. The normalized spacial score (nSPS) is 18.1. The summed E-state index contributed by atoms with van der Waals surface area (Å²) in [5, 5.41) is 11.9.